The first-order valence-corrected chi connectivity index (χ1v) is 6.84. The van der Waals surface area contributed by atoms with Crippen LogP contribution in [-0.2, 0) is 0 Å². The van der Waals surface area contributed by atoms with Crippen LogP contribution < -0.4 is 11.1 Å². The second-order valence-corrected chi connectivity index (χ2v) is 5.33. The molecule has 1 amide bonds. The molecule has 0 saturated carbocycles. The number of nitrogen functional groups attached to an aromatic ring is 1. The van der Waals surface area contributed by atoms with Crippen molar-refractivity contribution in [1.29, 1.82) is 0 Å². The molecule has 0 spiro atoms. The molecule has 0 aliphatic carbocycles. The number of nitrogens with one attached hydrogen (secondary N) is 1. The van der Waals surface area contributed by atoms with Gasteiger partial charge in [-0.05, 0) is 36.8 Å². The van der Waals surface area contributed by atoms with E-state index in [1.54, 1.807) is 24.3 Å². The van der Waals surface area contributed by atoms with Crippen LogP contribution in [0.5, 0.6) is 0 Å². The first-order valence-electron chi connectivity index (χ1n) is 6.08. The summed E-state index contributed by atoms with van der Waals surface area (Å²) >= 11 is 12.0. The van der Waals surface area contributed by atoms with E-state index < -0.39 is 0 Å². The van der Waals surface area contributed by atoms with Gasteiger partial charge in [-0.25, -0.2) is 0 Å². The Bertz CT molecular complexity index is 623. The van der Waals surface area contributed by atoms with Crippen molar-refractivity contribution in [3.63, 3.8) is 0 Å². The number of carbonyl (C=O) groups is 1. The van der Waals surface area contributed by atoms with Crippen LogP contribution in [0.25, 0.3) is 0 Å². The predicted molar refractivity (Wildman–Crippen MR) is 83.2 cm³/mol. The molecule has 2 aromatic rings. The number of halogens is 2. The van der Waals surface area contributed by atoms with Crippen molar-refractivity contribution in [2.75, 3.05) is 5.73 Å². The maximum absolute atomic E-state index is 12.2. The van der Waals surface area contributed by atoms with Gasteiger partial charge in [-0.3, -0.25) is 4.79 Å². The first kappa shape index (κ1) is 14.7. The largest absolute Gasteiger partial charge is 0.399 e. The third-order valence-electron chi connectivity index (χ3n) is 2.90. The van der Waals surface area contributed by atoms with E-state index in [0.29, 0.717) is 21.3 Å². The minimum Gasteiger partial charge on any atom is -0.399 e. The van der Waals surface area contributed by atoms with Gasteiger partial charge in [0.2, 0.25) is 0 Å². The maximum atomic E-state index is 12.2. The predicted octanol–water partition coefficient (Wildman–Crippen LogP) is 4.07. The normalized spacial score (nSPS) is 11.9. The van der Waals surface area contributed by atoms with Gasteiger partial charge in [-0.15, -0.1) is 0 Å². The molecule has 0 fully saturated rings. The van der Waals surface area contributed by atoms with E-state index >= 15 is 0 Å². The molecule has 3 nitrogen and oxygen atoms in total. The van der Waals surface area contributed by atoms with Gasteiger partial charge in [-0.1, -0.05) is 41.4 Å². The zero-order chi connectivity index (χ0) is 14.7. The smallest absolute Gasteiger partial charge is 0.251 e. The lowest BCUT2D eigenvalue weighted by molar-refractivity contribution is 0.0940. The molecular weight excluding hydrogens is 295 g/mol. The minimum absolute atomic E-state index is 0.212. The Hall–Kier alpha value is -1.71. The third kappa shape index (κ3) is 3.44. The Morgan fingerprint density at radius 2 is 1.90 bits per heavy atom. The van der Waals surface area contributed by atoms with Gasteiger partial charge >= 0.3 is 0 Å². The van der Waals surface area contributed by atoms with Crippen LogP contribution in [0.4, 0.5) is 5.69 Å². The van der Waals surface area contributed by atoms with Crippen molar-refractivity contribution in [3.8, 4) is 0 Å². The number of amides is 1. The van der Waals surface area contributed by atoms with Crippen LogP contribution in [0.15, 0.2) is 42.5 Å². The number of carbonyl (C=O) groups excluding carboxylic acids is 1. The highest BCUT2D eigenvalue weighted by Crippen LogP contribution is 2.23. The Balaban J connectivity index is 2.17. The lowest BCUT2D eigenvalue weighted by Gasteiger charge is -2.16. The molecule has 3 N–H and O–H groups in total. The number of hydrogen-bond donors (Lipinski definition) is 2. The molecule has 2 rings (SSSR count). The first-order chi connectivity index (χ1) is 9.47. The molecule has 0 radical (unpaired) electrons. The summed E-state index contributed by atoms with van der Waals surface area (Å²) in [5, 5.41) is 3.92. The molecule has 0 aromatic heterocycles. The number of hydrogen-bond acceptors (Lipinski definition) is 2. The fraction of sp³-hybridized carbons (Fsp3) is 0.133. The summed E-state index contributed by atoms with van der Waals surface area (Å²) in [6, 6.07) is 11.9. The molecular formula is C15H14Cl2N2O. The SMILES string of the molecule is C[C@H](NC(=O)c1cc(N)cc(Cl)c1)c1ccccc1Cl. The minimum atomic E-state index is -0.244. The average molecular weight is 309 g/mol. The number of benzene rings is 2. The summed E-state index contributed by atoms with van der Waals surface area (Å²) in [5.41, 5.74) is 7.41. The Labute approximate surface area is 127 Å². The van der Waals surface area contributed by atoms with E-state index in [0.717, 1.165) is 5.56 Å². The molecule has 0 bridgehead atoms. The fourth-order valence-corrected chi connectivity index (χ4v) is 2.47. The van der Waals surface area contributed by atoms with E-state index in [2.05, 4.69) is 5.32 Å². The van der Waals surface area contributed by atoms with Gasteiger partial charge in [0.05, 0.1) is 6.04 Å². The van der Waals surface area contributed by atoms with E-state index in [1.807, 2.05) is 25.1 Å². The van der Waals surface area contributed by atoms with Crippen molar-refractivity contribution >= 4 is 34.8 Å². The van der Waals surface area contributed by atoms with Crippen molar-refractivity contribution in [3.05, 3.63) is 63.6 Å². The molecule has 0 saturated heterocycles. The number of anilines is 1. The van der Waals surface area contributed by atoms with Crippen LogP contribution in [-0.4, -0.2) is 5.91 Å². The summed E-state index contributed by atoms with van der Waals surface area (Å²) in [7, 11) is 0. The van der Waals surface area contributed by atoms with Crippen LogP contribution in [0, 0.1) is 0 Å². The summed E-state index contributed by atoms with van der Waals surface area (Å²) in [6.07, 6.45) is 0. The van der Waals surface area contributed by atoms with Crippen LogP contribution >= 0.6 is 23.2 Å². The standard InChI is InChI=1S/C15H14Cl2N2O/c1-9(13-4-2-3-5-14(13)17)19-15(20)10-6-11(16)8-12(18)7-10/h2-9H,18H2,1H3,(H,19,20)/t9-/m0/s1. The van der Waals surface area contributed by atoms with E-state index in [-0.39, 0.29) is 11.9 Å². The van der Waals surface area contributed by atoms with E-state index in [1.165, 1.54) is 0 Å². The van der Waals surface area contributed by atoms with Gasteiger partial charge in [0.25, 0.3) is 5.91 Å². The Morgan fingerprint density at radius 1 is 1.20 bits per heavy atom. The van der Waals surface area contributed by atoms with Crippen LogP contribution in [0.1, 0.15) is 28.9 Å². The van der Waals surface area contributed by atoms with Crippen LogP contribution in [0.3, 0.4) is 0 Å². The van der Waals surface area contributed by atoms with Crippen molar-refractivity contribution in [2.24, 2.45) is 0 Å². The molecule has 0 aliphatic rings. The molecule has 20 heavy (non-hydrogen) atoms. The summed E-state index contributed by atoms with van der Waals surface area (Å²) < 4.78 is 0. The highest BCUT2D eigenvalue weighted by molar-refractivity contribution is 6.31. The van der Waals surface area contributed by atoms with E-state index in [9.17, 15) is 4.79 Å². The zero-order valence-electron chi connectivity index (χ0n) is 10.9. The topological polar surface area (TPSA) is 55.1 Å². The molecule has 5 heteroatoms. The summed E-state index contributed by atoms with van der Waals surface area (Å²) in [6.45, 7) is 1.87. The lowest BCUT2D eigenvalue weighted by atomic mass is 10.1. The zero-order valence-corrected chi connectivity index (χ0v) is 12.4. The molecule has 0 unspecified atom stereocenters. The lowest BCUT2D eigenvalue weighted by Crippen LogP contribution is -2.26. The van der Waals surface area contributed by atoms with Crippen molar-refractivity contribution in [2.45, 2.75) is 13.0 Å². The van der Waals surface area contributed by atoms with Gasteiger partial charge in [0.15, 0.2) is 0 Å². The second kappa shape index (κ2) is 6.16. The Kier molecular flexibility index (Phi) is 4.53. The second-order valence-electron chi connectivity index (χ2n) is 4.49. The molecule has 2 aromatic carbocycles. The summed E-state index contributed by atoms with van der Waals surface area (Å²) in [5.74, 6) is -0.244. The molecule has 104 valence electrons. The highest BCUT2D eigenvalue weighted by Gasteiger charge is 2.14. The van der Waals surface area contributed by atoms with Gasteiger partial charge in [0, 0.05) is 21.3 Å². The quantitative estimate of drug-likeness (QED) is 0.840. The van der Waals surface area contributed by atoms with Gasteiger partial charge in [-0.2, -0.15) is 0 Å². The molecule has 0 heterocycles. The molecule has 1 atom stereocenters. The molecule has 0 aliphatic heterocycles. The third-order valence-corrected chi connectivity index (χ3v) is 3.46. The van der Waals surface area contributed by atoms with Gasteiger partial charge < -0.3 is 11.1 Å². The van der Waals surface area contributed by atoms with Gasteiger partial charge in [0.1, 0.15) is 0 Å². The monoisotopic (exact) mass is 308 g/mol. The van der Waals surface area contributed by atoms with E-state index in [4.69, 9.17) is 28.9 Å². The Morgan fingerprint density at radius 3 is 2.55 bits per heavy atom. The average Bonchev–Trinajstić information content (AvgIpc) is 2.37. The van der Waals surface area contributed by atoms with Crippen molar-refractivity contribution < 1.29 is 4.79 Å². The number of rotatable bonds is 3. The number of nitrogens with two attached hydrogens (primary N) is 1. The fourth-order valence-electron chi connectivity index (χ4n) is 1.93. The maximum Gasteiger partial charge on any atom is 0.251 e. The van der Waals surface area contributed by atoms with Crippen molar-refractivity contribution in [1.82, 2.24) is 5.32 Å². The van der Waals surface area contributed by atoms with Crippen LogP contribution in [0.2, 0.25) is 10.0 Å². The highest BCUT2D eigenvalue weighted by atomic mass is 35.5. The summed E-state index contributed by atoms with van der Waals surface area (Å²) in [4.78, 5) is 12.2.